The molecule has 0 unspecified atom stereocenters. The third-order valence-electron chi connectivity index (χ3n) is 4.99. The van der Waals surface area contributed by atoms with E-state index in [0.29, 0.717) is 25.6 Å². The van der Waals surface area contributed by atoms with Gasteiger partial charge in [-0.05, 0) is 18.2 Å². The van der Waals surface area contributed by atoms with Gasteiger partial charge in [0.25, 0.3) is 0 Å². The maximum absolute atomic E-state index is 12.3. The first-order chi connectivity index (χ1) is 12.6. The normalized spacial score (nSPS) is 25.0. The average Bonchev–Trinajstić information content (AvgIpc) is 2.99. The third-order valence-corrected chi connectivity index (χ3v) is 6.69. The fourth-order valence-corrected chi connectivity index (χ4v) is 5.80. The second kappa shape index (κ2) is 7.20. The summed E-state index contributed by atoms with van der Waals surface area (Å²) in [4.78, 5) is 12.9. The summed E-state index contributed by atoms with van der Waals surface area (Å²) < 4.78 is 30.4. The summed E-state index contributed by atoms with van der Waals surface area (Å²) in [6, 6.07) is 11.3. The summed E-state index contributed by atoms with van der Waals surface area (Å²) >= 11 is 0. The Morgan fingerprint density at radius 1 is 1.00 bits per heavy atom. The highest BCUT2D eigenvalue weighted by atomic mass is 32.2. The molecule has 7 nitrogen and oxygen atoms in total. The van der Waals surface area contributed by atoms with Gasteiger partial charge in [0.1, 0.15) is 12.4 Å². The monoisotopic (exact) mass is 374 g/mol. The molecule has 0 amide bonds. The first-order valence-corrected chi connectivity index (χ1v) is 10.6. The number of nitrogens with zero attached hydrogens (tertiary/aromatic N) is 4. The van der Waals surface area contributed by atoms with Crippen molar-refractivity contribution in [3.8, 4) is 5.75 Å². The quantitative estimate of drug-likeness (QED) is 0.768. The smallest absolute Gasteiger partial charge is 0.225 e. The summed E-state index contributed by atoms with van der Waals surface area (Å²) in [6.07, 6.45) is 3.39. The van der Waals surface area contributed by atoms with Crippen LogP contribution in [0.15, 0.2) is 48.8 Å². The van der Waals surface area contributed by atoms with Gasteiger partial charge in [0.2, 0.25) is 5.95 Å². The molecule has 1 aromatic carbocycles. The topological polar surface area (TPSA) is 75.6 Å². The minimum atomic E-state index is -3.06. The van der Waals surface area contributed by atoms with E-state index in [4.69, 9.17) is 4.74 Å². The van der Waals surface area contributed by atoms with Crippen LogP contribution >= 0.6 is 0 Å². The number of fused-ring (bicyclic) bond motifs is 1. The number of hydrogen-bond acceptors (Lipinski definition) is 7. The predicted octanol–water partition coefficient (Wildman–Crippen LogP) is 0.843. The van der Waals surface area contributed by atoms with E-state index in [2.05, 4.69) is 14.9 Å². The van der Waals surface area contributed by atoms with E-state index in [1.54, 1.807) is 18.5 Å². The average molecular weight is 374 g/mol. The zero-order valence-electron chi connectivity index (χ0n) is 14.4. The maximum Gasteiger partial charge on any atom is 0.225 e. The molecule has 0 aliphatic carbocycles. The van der Waals surface area contributed by atoms with Crippen LogP contribution in [0.3, 0.4) is 0 Å². The van der Waals surface area contributed by atoms with Gasteiger partial charge < -0.3 is 9.64 Å². The van der Waals surface area contributed by atoms with E-state index in [1.165, 1.54) is 0 Å². The van der Waals surface area contributed by atoms with Crippen molar-refractivity contribution in [2.75, 3.05) is 42.6 Å². The number of para-hydroxylation sites is 1. The Morgan fingerprint density at radius 3 is 2.50 bits per heavy atom. The molecule has 3 heterocycles. The van der Waals surface area contributed by atoms with Crippen molar-refractivity contribution >= 4 is 15.8 Å². The molecule has 2 aromatic rings. The molecule has 2 aliphatic rings. The van der Waals surface area contributed by atoms with Gasteiger partial charge in [-0.2, -0.15) is 0 Å². The Kier molecular flexibility index (Phi) is 4.78. The summed E-state index contributed by atoms with van der Waals surface area (Å²) in [5.74, 6) is 1.79. The Hall–Kier alpha value is -2.19. The number of rotatable bonds is 5. The Labute approximate surface area is 153 Å². The van der Waals surface area contributed by atoms with Crippen molar-refractivity contribution in [2.24, 2.45) is 0 Å². The molecule has 1 aromatic heterocycles. The number of aromatic nitrogens is 2. The largest absolute Gasteiger partial charge is 0.492 e. The van der Waals surface area contributed by atoms with Crippen LogP contribution < -0.4 is 9.64 Å². The molecule has 26 heavy (non-hydrogen) atoms. The van der Waals surface area contributed by atoms with Gasteiger partial charge in [-0.15, -0.1) is 0 Å². The molecule has 2 fully saturated rings. The summed E-state index contributed by atoms with van der Waals surface area (Å²) in [5, 5.41) is 0. The van der Waals surface area contributed by atoms with Crippen molar-refractivity contribution in [3.63, 3.8) is 0 Å². The van der Waals surface area contributed by atoms with Crippen molar-refractivity contribution in [1.29, 1.82) is 0 Å². The Morgan fingerprint density at radius 2 is 1.73 bits per heavy atom. The Bertz CT molecular complexity index is 830. The van der Waals surface area contributed by atoms with Crippen LogP contribution in [0.2, 0.25) is 0 Å². The zero-order valence-corrected chi connectivity index (χ0v) is 15.3. The highest BCUT2D eigenvalue weighted by Gasteiger charge is 2.47. The molecular weight excluding hydrogens is 352 g/mol. The second-order valence-corrected chi connectivity index (χ2v) is 8.81. The summed E-state index contributed by atoms with van der Waals surface area (Å²) in [7, 11) is -3.06. The van der Waals surface area contributed by atoms with Crippen molar-refractivity contribution in [1.82, 2.24) is 14.9 Å². The minimum absolute atomic E-state index is 0.0445. The molecule has 2 saturated heterocycles. The lowest BCUT2D eigenvalue weighted by molar-refractivity contribution is 0.139. The zero-order chi connectivity index (χ0) is 18.0. The molecule has 4 rings (SSSR count). The fourth-order valence-electron chi connectivity index (χ4n) is 3.79. The number of anilines is 1. The van der Waals surface area contributed by atoms with E-state index < -0.39 is 9.84 Å². The van der Waals surface area contributed by atoms with Crippen molar-refractivity contribution < 1.29 is 13.2 Å². The van der Waals surface area contributed by atoms with E-state index in [1.807, 2.05) is 35.2 Å². The van der Waals surface area contributed by atoms with E-state index in [9.17, 15) is 8.42 Å². The lowest BCUT2D eigenvalue weighted by Gasteiger charge is -2.43. The molecule has 0 N–H and O–H groups in total. The van der Waals surface area contributed by atoms with Gasteiger partial charge in [-0.3, -0.25) is 4.90 Å². The molecular formula is C18H22N4O3S. The molecule has 0 spiro atoms. The standard InChI is InChI=1S/C18H22N4O3S/c23-26(24)13-16-17(14-26)22(18-19-7-4-8-20-18)10-9-21(16)11-12-25-15-5-2-1-3-6-15/h1-8,16-17H,9-14H2/t16-,17+/m0/s1. The van der Waals surface area contributed by atoms with E-state index in [0.717, 1.165) is 12.3 Å². The van der Waals surface area contributed by atoms with Crippen LogP contribution in [0.1, 0.15) is 0 Å². The van der Waals surface area contributed by atoms with Gasteiger partial charge in [0, 0.05) is 38.1 Å². The molecule has 0 bridgehead atoms. The first kappa shape index (κ1) is 17.2. The summed E-state index contributed by atoms with van der Waals surface area (Å²) in [6.45, 7) is 2.73. The molecule has 2 atom stereocenters. The van der Waals surface area contributed by atoms with Crippen molar-refractivity contribution in [3.05, 3.63) is 48.8 Å². The molecule has 8 heteroatoms. The third kappa shape index (κ3) is 3.66. The van der Waals surface area contributed by atoms with Gasteiger partial charge in [-0.25, -0.2) is 18.4 Å². The van der Waals surface area contributed by atoms with Crippen molar-refractivity contribution in [2.45, 2.75) is 12.1 Å². The van der Waals surface area contributed by atoms with Crippen LogP contribution in [0, 0.1) is 0 Å². The lowest BCUT2D eigenvalue weighted by Crippen LogP contribution is -2.60. The van der Waals surface area contributed by atoms with Crippen LogP contribution in [-0.4, -0.2) is 73.1 Å². The van der Waals surface area contributed by atoms with E-state index >= 15 is 0 Å². The lowest BCUT2D eigenvalue weighted by atomic mass is 10.1. The molecule has 138 valence electrons. The SMILES string of the molecule is O=S1(=O)C[C@@H]2[C@H](C1)N(CCOc1ccccc1)CCN2c1ncccn1. The highest BCUT2D eigenvalue weighted by Crippen LogP contribution is 2.29. The molecule has 0 radical (unpaired) electrons. The van der Waals surface area contributed by atoms with Crippen LogP contribution in [-0.2, 0) is 9.84 Å². The number of piperazine rings is 1. The second-order valence-electron chi connectivity index (χ2n) is 6.65. The summed E-state index contributed by atoms with van der Waals surface area (Å²) in [5.41, 5.74) is 0. The number of hydrogen-bond donors (Lipinski definition) is 0. The van der Waals surface area contributed by atoms with Gasteiger partial charge >= 0.3 is 0 Å². The maximum atomic E-state index is 12.3. The van der Waals surface area contributed by atoms with Crippen LogP contribution in [0.5, 0.6) is 5.75 Å². The highest BCUT2D eigenvalue weighted by molar-refractivity contribution is 7.91. The number of ether oxygens (including phenoxy) is 1. The molecule has 0 saturated carbocycles. The van der Waals surface area contributed by atoms with Gasteiger partial charge in [0.05, 0.1) is 17.5 Å². The van der Waals surface area contributed by atoms with Gasteiger partial charge in [-0.1, -0.05) is 18.2 Å². The fraction of sp³-hybridized carbons (Fsp3) is 0.444. The Balaban J connectivity index is 1.45. The van der Waals surface area contributed by atoms with E-state index in [-0.39, 0.29) is 23.6 Å². The predicted molar refractivity (Wildman–Crippen MR) is 99.1 cm³/mol. The number of benzene rings is 1. The van der Waals surface area contributed by atoms with Gasteiger partial charge in [0.15, 0.2) is 9.84 Å². The van der Waals surface area contributed by atoms with Crippen LogP contribution in [0.4, 0.5) is 5.95 Å². The first-order valence-electron chi connectivity index (χ1n) is 8.78. The molecule has 2 aliphatic heterocycles. The number of sulfone groups is 1. The minimum Gasteiger partial charge on any atom is -0.492 e. The van der Waals surface area contributed by atoms with Crippen LogP contribution in [0.25, 0.3) is 0 Å².